The van der Waals surface area contributed by atoms with Gasteiger partial charge in [-0.25, -0.2) is 0 Å². The van der Waals surface area contributed by atoms with Crippen molar-refractivity contribution in [2.45, 2.75) is 28.7 Å². The Morgan fingerprint density at radius 3 is 2.64 bits per heavy atom. The second-order valence-electron chi connectivity index (χ2n) is 6.62. The molecular formula is C20H17Cl2N3O2S. The van der Waals surface area contributed by atoms with Gasteiger partial charge in [0.1, 0.15) is 5.69 Å². The molecule has 8 heteroatoms. The van der Waals surface area contributed by atoms with Crippen LogP contribution in [0.15, 0.2) is 52.3 Å². The molecule has 5 nitrogen and oxygen atoms in total. The normalized spacial score (nSPS) is 16.4. The molecule has 1 aliphatic rings. The number of H-pyrrole nitrogens is 1. The molecule has 1 aliphatic heterocycles. The van der Waals surface area contributed by atoms with E-state index >= 15 is 0 Å². The van der Waals surface area contributed by atoms with Crippen molar-refractivity contribution in [2.75, 3.05) is 6.54 Å². The summed E-state index contributed by atoms with van der Waals surface area (Å²) in [5, 5.41) is 7.90. The molecule has 0 radical (unpaired) electrons. The Kier molecular flexibility index (Phi) is 5.53. The van der Waals surface area contributed by atoms with Gasteiger partial charge in [-0.05, 0) is 48.9 Å². The van der Waals surface area contributed by atoms with E-state index in [-0.39, 0.29) is 17.9 Å². The van der Waals surface area contributed by atoms with E-state index in [1.54, 1.807) is 17.8 Å². The standard InChI is InChI=1S/C20H17Cl2N3O2S/c21-11-1-4-14(5-2-11)28-18-8-12(22)7-16-15(18)9-17(25-16)20(27)23-10-13-3-6-19(26)24-13/h1-2,4-5,7-9,13,25H,3,6,10H2,(H,23,27)(H,24,26). The Morgan fingerprint density at radius 1 is 1.14 bits per heavy atom. The largest absolute Gasteiger partial charge is 0.352 e. The van der Waals surface area contributed by atoms with E-state index < -0.39 is 0 Å². The molecule has 1 aromatic heterocycles. The minimum Gasteiger partial charge on any atom is -0.352 e. The zero-order valence-corrected chi connectivity index (χ0v) is 17.0. The number of nitrogens with one attached hydrogen (secondary N) is 3. The van der Waals surface area contributed by atoms with Gasteiger partial charge in [-0.15, -0.1) is 0 Å². The summed E-state index contributed by atoms with van der Waals surface area (Å²) >= 11 is 13.8. The van der Waals surface area contributed by atoms with Crippen LogP contribution in [0, 0.1) is 0 Å². The molecule has 2 amide bonds. The molecule has 2 aromatic carbocycles. The summed E-state index contributed by atoms with van der Waals surface area (Å²) in [6.07, 6.45) is 1.25. The molecule has 0 saturated carbocycles. The average Bonchev–Trinajstić information content (AvgIpc) is 3.27. The lowest BCUT2D eigenvalue weighted by Crippen LogP contribution is -2.38. The Bertz CT molecular complexity index is 1050. The third-order valence-corrected chi connectivity index (χ3v) is 6.08. The first kappa shape index (κ1) is 19.2. The van der Waals surface area contributed by atoms with E-state index in [4.69, 9.17) is 23.2 Å². The minimum absolute atomic E-state index is 0.00806. The third kappa shape index (κ3) is 4.29. The lowest BCUT2D eigenvalue weighted by molar-refractivity contribution is -0.119. The van der Waals surface area contributed by atoms with Crippen molar-refractivity contribution in [1.82, 2.24) is 15.6 Å². The lowest BCUT2D eigenvalue weighted by Gasteiger charge is -2.10. The molecule has 3 N–H and O–H groups in total. The quantitative estimate of drug-likeness (QED) is 0.548. The monoisotopic (exact) mass is 433 g/mol. The lowest BCUT2D eigenvalue weighted by atomic mass is 10.2. The van der Waals surface area contributed by atoms with E-state index in [0.717, 1.165) is 27.1 Å². The van der Waals surface area contributed by atoms with Crippen LogP contribution in [0.4, 0.5) is 0 Å². The number of carbonyl (C=O) groups excluding carboxylic acids is 2. The number of aromatic amines is 1. The average molecular weight is 434 g/mol. The molecule has 1 atom stereocenters. The molecule has 1 fully saturated rings. The fraction of sp³-hybridized carbons (Fsp3) is 0.200. The second-order valence-corrected chi connectivity index (χ2v) is 8.61. The first-order valence-electron chi connectivity index (χ1n) is 8.81. The number of aromatic nitrogens is 1. The van der Waals surface area contributed by atoms with Crippen LogP contribution in [0.3, 0.4) is 0 Å². The molecule has 4 rings (SSSR count). The second kappa shape index (κ2) is 8.07. The zero-order chi connectivity index (χ0) is 19.7. The van der Waals surface area contributed by atoms with Crippen molar-refractivity contribution in [3.8, 4) is 0 Å². The van der Waals surface area contributed by atoms with Gasteiger partial charge in [0.05, 0.1) is 0 Å². The number of fused-ring (bicyclic) bond motifs is 1. The number of rotatable bonds is 5. The van der Waals surface area contributed by atoms with Crippen molar-refractivity contribution >= 4 is 57.7 Å². The van der Waals surface area contributed by atoms with Crippen LogP contribution < -0.4 is 10.6 Å². The van der Waals surface area contributed by atoms with Gasteiger partial charge in [0.15, 0.2) is 0 Å². The Balaban J connectivity index is 1.55. The predicted molar refractivity (Wildman–Crippen MR) is 112 cm³/mol. The van der Waals surface area contributed by atoms with E-state index in [9.17, 15) is 9.59 Å². The fourth-order valence-electron chi connectivity index (χ4n) is 3.15. The smallest absolute Gasteiger partial charge is 0.267 e. The summed E-state index contributed by atoms with van der Waals surface area (Å²) in [7, 11) is 0. The number of carbonyl (C=O) groups is 2. The highest BCUT2D eigenvalue weighted by Crippen LogP contribution is 2.36. The summed E-state index contributed by atoms with van der Waals surface area (Å²) < 4.78 is 0. The van der Waals surface area contributed by atoms with Crippen LogP contribution in [0.2, 0.25) is 10.0 Å². The maximum atomic E-state index is 12.5. The number of hydrogen-bond acceptors (Lipinski definition) is 3. The van der Waals surface area contributed by atoms with Crippen molar-refractivity contribution < 1.29 is 9.59 Å². The van der Waals surface area contributed by atoms with Gasteiger partial charge in [-0.2, -0.15) is 0 Å². The highest BCUT2D eigenvalue weighted by atomic mass is 35.5. The van der Waals surface area contributed by atoms with Crippen LogP contribution in [-0.2, 0) is 4.79 Å². The molecule has 144 valence electrons. The van der Waals surface area contributed by atoms with Gasteiger partial charge in [0, 0.05) is 49.7 Å². The highest BCUT2D eigenvalue weighted by molar-refractivity contribution is 7.99. The number of hydrogen-bond donors (Lipinski definition) is 3. The zero-order valence-electron chi connectivity index (χ0n) is 14.7. The van der Waals surface area contributed by atoms with E-state index in [2.05, 4.69) is 15.6 Å². The van der Waals surface area contributed by atoms with E-state index in [0.29, 0.717) is 28.7 Å². The molecule has 2 heterocycles. The van der Waals surface area contributed by atoms with Gasteiger partial charge in [-0.3, -0.25) is 9.59 Å². The molecule has 1 saturated heterocycles. The molecular weight excluding hydrogens is 417 g/mol. The first-order chi connectivity index (χ1) is 13.5. The van der Waals surface area contributed by atoms with Crippen LogP contribution in [0.25, 0.3) is 10.9 Å². The Morgan fingerprint density at radius 2 is 1.93 bits per heavy atom. The number of benzene rings is 2. The van der Waals surface area contributed by atoms with E-state index in [1.165, 1.54) is 0 Å². The van der Waals surface area contributed by atoms with Gasteiger partial charge in [0.2, 0.25) is 5.91 Å². The summed E-state index contributed by atoms with van der Waals surface area (Å²) in [6.45, 7) is 0.410. The van der Waals surface area contributed by atoms with Gasteiger partial charge in [0.25, 0.3) is 5.91 Å². The van der Waals surface area contributed by atoms with Crippen LogP contribution >= 0.6 is 35.0 Å². The Hall–Kier alpha value is -2.15. The van der Waals surface area contributed by atoms with Gasteiger partial charge in [-0.1, -0.05) is 35.0 Å². The molecule has 1 unspecified atom stereocenters. The Labute approximate surface area is 176 Å². The molecule has 0 bridgehead atoms. The van der Waals surface area contributed by atoms with Gasteiger partial charge >= 0.3 is 0 Å². The maximum absolute atomic E-state index is 12.5. The van der Waals surface area contributed by atoms with Crippen LogP contribution in [0.1, 0.15) is 23.3 Å². The maximum Gasteiger partial charge on any atom is 0.267 e. The van der Waals surface area contributed by atoms with Crippen LogP contribution in [0.5, 0.6) is 0 Å². The number of amides is 2. The van der Waals surface area contributed by atoms with Crippen molar-refractivity contribution in [1.29, 1.82) is 0 Å². The molecule has 3 aromatic rings. The molecule has 0 spiro atoms. The molecule has 0 aliphatic carbocycles. The highest BCUT2D eigenvalue weighted by Gasteiger charge is 2.21. The summed E-state index contributed by atoms with van der Waals surface area (Å²) in [5.74, 6) is -0.181. The van der Waals surface area contributed by atoms with Crippen molar-refractivity contribution in [3.63, 3.8) is 0 Å². The van der Waals surface area contributed by atoms with Crippen molar-refractivity contribution in [2.24, 2.45) is 0 Å². The first-order valence-corrected chi connectivity index (χ1v) is 10.4. The summed E-state index contributed by atoms with van der Waals surface area (Å²) in [4.78, 5) is 28.9. The third-order valence-electron chi connectivity index (χ3n) is 4.54. The molecule has 28 heavy (non-hydrogen) atoms. The summed E-state index contributed by atoms with van der Waals surface area (Å²) in [5.41, 5.74) is 1.25. The van der Waals surface area contributed by atoms with Gasteiger partial charge < -0.3 is 15.6 Å². The fourth-order valence-corrected chi connectivity index (χ4v) is 4.55. The topological polar surface area (TPSA) is 74.0 Å². The summed E-state index contributed by atoms with van der Waals surface area (Å²) in [6, 6.07) is 13.1. The minimum atomic E-state index is -0.212. The van der Waals surface area contributed by atoms with Crippen LogP contribution in [-0.4, -0.2) is 29.4 Å². The van der Waals surface area contributed by atoms with E-state index in [1.807, 2.05) is 36.4 Å². The predicted octanol–water partition coefficient (Wildman–Crippen LogP) is 4.63. The van der Waals surface area contributed by atoms with Crippen molar-refractivity contribution in [3.05, 3.63) is 58.2 Å². The number of halogens is 2. The SMILES string of the molecule is O=C1CCC(CNC(=O)c2cc3c(Sc4ccc(Cl)cc4)cc(Cl)cc3[nH]2)N1.